The van der Waals surface area contributed by atoms with Gasteiger partial charge in [0.2, 0.25) is 11.9 Å². The lowest BCUT2D eigenvalue weighted by Crippen LogP contribution is -2.23. The predicted molar refractivity (Wildman–Crippen MR) is 96.3 cm³/mol. The van der Waals surface area contributed by atoms with Crippen molar-refractivity contribution in [1.29, 1.82) is 0 Å². The van der Waals surface area contributed by atoms with Crippen LogP contribution in [-0.2, 0) is 16.0 Å². The van der Waals surface area contributed by atoms with Gasteiger partial charge in [-0.25, -0.2) is 4.98 Å². The average Bonchev–Trinajstić information content (AvgIpc) is 2.51. The van der Waals surface area contributed by atoms with Crippen LogP contribution in [0.3, 0.4) is 0 Å². The fourth-order valence-corrected chi connectivity index (χ4v) is 2.19. The number of nitrogens with two attached hydrogens (primary N) is 1. The summed E-state index contributed by atoms with van der Waals surface area (Å²) in [6.07, 6.45) is -0.124. The molecule has 0 unspecified atom stereocenters. The number of rotatable bonds is 5. The molecular formula is C16H18ClN5O3. The minimum atomic E-state index is -0.476. The number of halogens is 1. The third-order valence-electron chi connectivity index (χ3n) is 3.17. The van der Waals surface area contributed by atoms with E-state index in [1.807, 2.05) is 6.92 Å². The Hall–Kier alpha value is -2.87. The third-order valence-corrected chi connectivity index (χ3v) is 3.58. The van der Waals surface area contributed by atoms with Crippen molar-refractivity contribution in [3.05, 3.63) is 50.9 Å². The summed E-state index contributed by atoms with van der Waals surface area (Å²) in [5.41, 5.74) is 7.13. The van der Waals surface area contributed by atoms with Gasteiger partial charge in [-0.1, -0.05) is 17.7 Å². The van der Waals surface area contributed by atoms with Gasteiger partial charge in [-0.05, 0) is 31.5 Å². The second-order valence-electron chi connectivity index (χ2n) is 5.08. The van der Waals surface area contributed by atoms with E-state index >= 15 is 0 Å². The van der Waals surface area contributed by atoms with E-state index < -0.39 is 11.5 Å². The van der Waals surface area contributed by atoms with Gasteiger partial charge in [-0.2, -0.15) is 4.99 Å². The third kappa shape index (κ3) is 5.32. The molecule has 0 saturated heterocycles. The van der Waals surface area contributed by atoms with E-state index in [4.69, 9.17) is 22.1 Å². The van der Waals surface area contributed by atoms with Gasteiger partial charge >= 0.3 is 5.97 Å². The number of carbonyl (C=O) groups is 1. The van der Waals surface area contributed by atoms with Gasteiger partial charge in [0.25, 0.3) is 5.56 Å². The summed E-state index contributed by atoms with van der Waals surface area (Å²) in [7, 11) is 0. The van der Waals surface area contributed by atoms with Crippen LogP contribution in [0.5, 0.6) is 0 Å². The van der Waals surface area contributed by atoms with Crippen molar-refractivity contribution in [2.75, 3.05) is 11.9 Å². The lowest BCUT2D eigenvalue weighted by molar-refractivity contribution is -0.142. The Morgan fingerprint density at radius 3 is 2.96 bits per heavy atom. The molecule has 0 aliphatic heterocycles. The molecule has 2 rings (SSSR count). The number of nitrogens with zero attached hydrogens (tertiary/aromatic N) is 2. The molecule has 8 nitrogen and oxygen atoms in total. The molecule has 132 valence electrons. The zero-order chi connectivity index (χ0) is 18.4. The molecule has 0 aliphatic rings. The van der Waals surface area contributed by atoms with Crippen LogP contribution in [-0.4, -0.2) is 28.5 Å². The summed E-state index contributed by atoms with van der Waals surface area (Å²) in [5, 5.41) is 3.47. The van der Waals surface area contributed by atoms with Crippen LogP contribution in [0.2, 0.25) is 5.02 Å². The number of hydrogen-bond donors (Lipinski definition) is 3. The van der Waals surface area contributed by atoms with Gasteiger partial charge in [0.05, 0.1) is 18.7 Å². The topological polar surface area (TPSA) is 122 Å². The highest BCUT2D eigenvalue weighted by Crippen LogP contribution is 2.22. The standard InChI is InChI=1S/C16H18ClN5O3/c1-3-25-14(24)8-10-7-13(23)21-16(19-10)22-15(18)20-12-6-4-5-11(17)9(12)2/h4-7H,3,8H2,1-2H3,(H4,18,19,20,21,22,23). The number of H-pyrrole nitrogens is 1. The number of benzene rings is 1. The van der Waals surface area contributed by atoms with E-state index in [0.29, 0.717) is 10.7 Å². The summed E-state index contributed by atoms with van der Waals surface area (Å²) in [6, 6.07) is 6.52. The van der Waals surface area contributed by atoms with Crippen molar-refractivity contribution in [2.24, 2.45) is 10.7 Å². The van der Waals surface area contributed by atoms with Crippen molar-refractivity contribution < 1.29 is 9.53 Å². The molecule has 4 N–H and O–H groups in total. The molecule has 1 aromatic heterocycles. The summed E-state index contributed by atoms with van der Waals surface area (Å²) in [4.78, 5) is 33.8. The van der Waals surface area contributed by atoms with Crippen molar-refractivity contribution >= 4 is 35.2 Å². The highest BCUT2D eigenvalue weighted by atomic mass is 35.5. The molecule has 0 amide bonds. The van der Waals surface area contributed by atoms with Crippen LogP contribution in [0.1, 0.15) is 18.2 Å². The van der Waals surface area contributed by atoms with Gasteiger partial charge in [-0.3, -0.25) is 14.6 Å². The van der Waals surface area contributed by atoms with Gasteiger partial charge in [-0.15, -0.1) is 0 Å². The zero-order valence-electron chi connectivity index (χ0n) is 13.8. The first-order valence-electron chi connectivity index (χ1n) is 7.51. The van der Waals surface area contributed by atoms with Crippen molar-refractivity contribution in [3.8, 4) is 0 Å². The molecule has 0 fully saturated rings. The fraction of sp³-hybridized carbons (Fsp3) is 0.250. The molecule has 25 heavy (non-hydrogen) atoms. The van der Waals surface area contributed by atoms with E-state index in [1.165, 1.54) is 6.07 Å². The highest BCUT2D eigenvalue weighted by Gasteiger charge is 2.09. The molecule has 0 bridgehead atoms. The van der Waals surface area contributed by atoms with Crippen LogP contribution in [0, 0.1) is 6.92 Å². The molecule has 1 aromatic carbocycles. The number of esters is 1. The lowest BCUT2D eigenvalue weighted by atomic mass is 10.2. The normalized spacial score (nSPS) is 11.2. The number of anilines is 1. The lowest BCUT2D eigenvalue weighted by Gasteiger charge is -2.09. The maximum Gasteiger partial charge on any atom is 0.311 e. The molecular weight excluding hydrogens is 346 g/mol. The molecule has 0 saturated carbocycles. The van der Waals surface area contributed by atoms with Crippen molar-refractivity contribution in [2.45, 2.75) is 20.3 Å². The van der Waals surface area contributed by atoms with E-state index in [1.54, 1.807) is 25.1 Å². The largest absolute Gasteiger partial charge is 0.466 e. The Labute approximate surface area is 149 Å². The molecule has 0 radical (unpaired) electrons. The molecule has 1 heterocycles. The van der Waals surface area contributed by atoms with Gasteiger partial charge in [0.1, 0.15) is 0 Å². The van der Waals surface area contributed by atoms with E-state index in [-0.39, 0.29) is 30.6 Å². The van der Waals surface area contributed by atoms with Crippen molar-refractivity contribution in [3.63, 3.8) is 0 Å². The number of carbonyl (C=O) groups excluding carboxylic acids is 1. The Kier molecular flexibility index (Phi) is 6.13. The van der Waals surface area contributed by atoms with Crippen LogP contribution >= 0.6 is 11.6 Å². The van der Waals surface area contributed by atoms with Crippen LogP contribution in [0.15, 0.2) is 34.1 Å². The van der Waals surface area contributed by atoms with Gasteiger partial charge in [0.15, 0.2) is 0 Å². The number of aliphatic imine (C=N–C) groups is 1. The zero-order valence-corrected chi connectivity index (χ0v) is 14.6. The highest BCUT2D eigenvalue weighted by molar-refractivity contribution is 6.31. The number of hydrogen-bond acceptors (Lipinski definition) is 5. The number of guanidine groups is 1. The van der Waals surface area contributed by atoms with Gasteiger partial charge < -0.3 is 15.8 Å². The minimum absolute atomic E-state index is 0.0156. The molecule has 9 heteroatoms. The first-order chi connectivity index (χ1) is 11.9. The molecule has 2 aromatic rings. The number of aromatic nitrogens is 2. The monoisotopic (exact) mass is 363 g/mol. The fourth-order valence-electron chi connectivity index (χ4n) is 2.02. The number of ether oxygens (including phenoxy) is 1. The predicted octanol–water partition coefficient (Wildman–Crippen LogP) is 1.90. The summed E-state index contributed by atoms with van der Waals surface area (Å²) >= 11 is 6.05. The summed E-state index contributed by atoms with van der Waals surface area (Å²) in [6.45, 7) is 3.78. The van der Waals surface area contributed by atoms with Crippen LogP contribution < -0.4 is 16.6 Å². The molecule has 0 aliphatic carbocycles. The van der Waals surface area contributed by atoms with Crippen molar-refractivity contribution in [1.82, 2.24) is 9.97 Å². The molecule has 0 spiro atoms. The van der Waals surface area contributed by atoms with E-state index in [2.05, 4.69) is 20.3 Å². The van der Waals surface area contributed by atoms with Crippen LogP contribution in [0.4, 0.5) is 11.6 Å². The van der Waals surface area contributed by atoms with E-state index in [9.17, 15) is 9.59 Å². The first kappa shape index (κ1) is 18.5. The average molecular weight is 364 g/mol. The Balaban J connectivity index is 2.21. The van der Waals surface area contributed by atoms with Gasteiger partial charge in [0, 0.05) is 16.8 Å². The second kappa shape index (κ2) is 8.29. The number of aromatic amines is 1. The quantitative estimate of drug-likeness (QED) is 0.423. The van der Waals surface area contributed by atoms with Crippen LogP contribution in [0.25, 0.3) is 0 Å². The maximum absolute atomic E-state index is 11.7. The summed E-state index contributed by atoms with van der Waals surface area (Å²) < 4.78 is 4.83. The SMILES string of the molecule is CCOC(=O)Cc1cc(=O)[nH]c(N=C(N)Nc2cccc(Cl)c2C)n1. The first-order valence-corrected chi connectivity index (χ1v) is 7.89. The Bertz CT molecular complexity index is 863. The second-order valence-corrected chi connectivity index (χ2v) is 5.48. The Morgan fingerprint density at radius 1 is 1.48 bits per heavy atom. The Morgan fingerprint density at radius 2 is 2.24 bits per heavy atom. The summed E-state index contributed by atoms with van der Waals surface area (Å²) in [5.74, 6) is -0.477. The molecule has 0 atom stereocenters. The minimum Gasteiger partial charge on any atom is -0.466 e. The number of nitrogens with one attached hydrogen (secondary N) is 2. The van der Waals surface area contributed by atoms with E-state index in [0.717, 1.165) is 5.56 Å². The smallest absolute Gasteiger partial charge is 0.311 e. The maximum atomic E-state index is 11.7.